The van der Waals surface area contributed by atoms with Gasteiger partial charge in [0, 0.05) is 27.6 Å². The van der Waals surface area contributed by atoms with Crippen molar-refractivity contribution in [1.29, 1.82) is 0 Å². The topological polar surface area (TPSA) is 80.3 Å². The van der Waals surface area contributed by atoms with E-state index < -0.39 is 11.2 Å². The molecule has 0 radical (unpaired) electrons. The quantitative estimate of drug-likeness (QED) is 0.619. The molecule has 0 bridgehead atoms. The van der Waals surface area contributed by atoms with Crippen molar-refractivity contribution in [2.45, 2.75) is 6.42 Å². The molecule has 2 heterocycles. The first-order valence-corrected chi connectivity index (χ1v) is 7.94. The Morgan fingerprint density at radius 3 is 2.32 bits per heavy atom. The van der Waals surface area contributed by atoms with Gasteiger partial charge in [-0.05, 0) is 12.1 Å². The van der Waals surface area contributed by atoms with Crippen LogP contribution in [0.2, 0.25) is 0 Å². The minimum atomic E-state index is -0.418. The van der Waals surface area contributed by atoms with Gasteiger partial charge in [-0.25, -0.2) is 4.79 Å². The van der Waals surface area contributed by atoms with Gasteiger partial charge in [-0.2, -0.15) is 4.98 Å². The van der Waals surface area contributed by atoms with Crippen molar-refractivity contribution in [3.05, 3.63) is 51.2 Å². The monoisotopic (exact) mass is 344 g/mol. The van der Waals surface area contributed by atoms with E-state index in [0.29, 0.717) is 36.8 Å². The maximum Gasteiger partial charge on any atom is 0.332 e. The molecule has 8 nitrogen and oxygen atoms in total. The van der Waals surface area contributed by atoms with Crippen LogP contribution in [0.5, 0.6) is 11.8 Å². The molecule has 0 fully saturated rings. The number of fused-ring (bicyclic) bond motifs is 1. The zero-order valence-electron chi connectivity index (χ0n) is 14.4. The maximum absolute atomic E-state index is 12.3. The van der Waals surface area contributed by atoms with Crippen LogP contribution in [0.25, 0.3) is 11.2 Å². The van der Waals surface area contributed by atoms with Gasteiger partial charge in [-0.1, -0.05) is 18.2 Å². The van der Waals surface area contributed by atoms with Gasteiger partial charge in [-0.15, -0.1) is 0 Å². The third-order valence-electron chi connectivity index (χ3n) is 3.97. The summed E-state index contributed by atoms with van der Waals surface area (Å²) in [4.78, 5) is 28.5. The Bertz CT molecular complexity index is 1000. The fourth-order valence-electron chi connectivity index (χ4n) is 2.56. The highest BCUT2D eigenvalue weighted by atomic mass is 16.5. The Balaban J connectivity index is 1.69. The van der Waals surface area contributed by atoms with Crippen LogP contribution in [0, 0.1) is 0 Å². The van der Waals surface area contributed by atoms with Crippen molar-refractivity contribution in [3.63, 3.8) is 0 Å². The number of rotatable bonds is 6. The Morgan fingerprint density at radius 2 is 1.60 bits per heavy atom. The second kappa shape index (κ2) is 6.84. The van der Waals surface area contributed by atoms with Crippen LogP contribution >= 0.6 is 0 Å². The molecule has 2 aromatic heterocycles. The average Bonchev–Trinajstić information content (AvgIpc) is 2.95. The predicted molar refractivity (Wildman–Crippen MR) is 93.2 cm³/mol. The molecule has 132 valence electrons. The van der Waals surface area contributed by atoms with Gasteiger partial charge >= 0.3 is 5.69 Å². The van der Waals surface area contributed by atoms with Crippen LogP contribution in [0.1, 0.15) is 6.42 Å². The summed E-state index contributed by atoms with van der Waals surface area (Å²) in [5.74, 6) is 0.809. The molecule has 0 saturated carbocycles. The first-order chi connectivity index (χ1) is 12.0. The van der Waals surface area contributed by atoms with Crippen molar-refractivity contribution in [1.82, 2.24) is 18.7 Å². The van der Waals surface area contributed by atoms with E-state index in [1.807, 2.05) is 30.3 Å². The van der Waals surface area contributed by atoms with E-state index in [9.17, 15) is 9.59 Å². The molecule has 0 atom stereocenters. The Labute approximate surface area is 143 Å². The number of aryl methyl sites for hydroxylation is 2. The third-order valence-corrected chi connectivity index (χ3v) is 3.97. The molecule has 0 unspecified atom stereocenters. The number of aromatic nitrogens is 4. The van der Waals surface area contributed by atoms with E-state index in [1.54, 1.807) is 18.7 Å². The maximum atomic E-state index is 12.3. The van der Waals surface area contributed by atoms with E-state index in [1.165, 1.54) is 11.6 Å². The summed E-state index contributed by atoms with van der Waals surface area (Å²) < 4.78 is 15.2. The lowest BCUT2D eigenvalue weighted by Gasteiger charge is -2.07. The summed E-state index contributed by atoms with van der Waals surface area (Å²) in [7, 11) is 4.71. The first-order valence-electron chi connectivity index (χ1n) is 7.94. The summed E-state index contributed by atoms with van der Waals surface area (Å²) >= 11 is 0. The molecule has 0 spiro atoms. The molecule has 3 rings (SSSR count). The number of para-hydroxylation sites is 1. The number of hydrogen-bond acceptors (Lipinski definition) is 5. The lowest BCUT2D eigenvalue weighted by molar-refractivity contribution is 0.232. The zero-order valence-corrected chi connectivity index (χ0v) is 14.4. The lowest BCUT2D eigenvalue weighted by atomic mass is 10.3. The van der Waals surface area contributed by atoms with Gasteiger partial charge in [0.25, 0.3) is 11.6 Å². The summed E-state index contributed by atoms with van der Waals surface area (Å²) in [6.45, 7) is 0.895. The minimum absolute atomic E-state index is 0.299. The van der Waals surface area contributed by atoms with Crippen LogP contribution in [0.4, 0.5) is 0 Å². The number of benzene rings is 1. The summed E-state index contributed by atoms with van der Waals surface area (Å²) in [6.07, 6.45) is 0.662. The molecule has 1 aromatic carbocycles. The van der Waals surface area contributed by atoms with Crippen molar-refractivity contribution in [2.75, 3.05) is 13.2 Å². The van der Waals surface area contributed by atoms with Gasteiger partial charge in [0.05, 0.1) is 13.2 Å². The highest BCUT2D eigenvalue weighted by Crippen LogP contribution is 2.15. The van der Waals surface area contributed by atoms with Crippen molar-refractivity contribution in [3.8, 4) is 11.8 Å². The fourth-order valence-corrected chi connectivity index (χ4v) is 2.56. The number of nitrogens with zero attached hydrogens (tertiary/aromatic N) is 4. The van der Waals surface area contributed by atoms with E-state index in [2.05, 4.69) is 4.98 Å². The molecular weight excluding hydrogens is 324 g/mol. The van der Waals surface area contributed by atoms with Crippen LogP contribution < -0.4 is 20.7 Å². The highest BCUT2D eigenvalue weighted by molar-refractivity contribution is 5.71. The SMILES string of the molecule is Cn1c(=O)c2c(nc(OCCCOc3ccccc3)n2C)n(C)c1=O. The molecule has 0 aliphatic rings. The van der Waals surface area contributed by atoms with Crippen LogP contribution in [-0.4, -0.2) is 31.9 Å². The van der Waals surface area contributed by atoms with Crippen LogP contribution in [-0.2, 0) is 21.1 Å². The standard InChI is InChI=1S/C17H20N4O4/c1-19-13-14(20(2)17(23)21(3)15(13)22)18-16(19)25-11-7-10-24-12-8-5-4-6-9-12/h4-6,8-9H,7,10-11H2,1-3H3. The van der Waals surface area contributed by atoms with Gasteiger partial charge < -0.3 is 9.47 Å². The van der Waals surface area contributed by atoms with Gasteiger partial charge in [0.15, 0.2) is 11.2 Å². The molecule has 3 aromatic rings. The van der Waals surface area contributed by atoms with Gasteiger partial charge in [-0.3, -0.25) is 18.5 Å². The van der Waals surface area contributed by atoms with E-state index in [-0.39, 0.29) is 0 Å². The fraction of sp³-hybridized carbons (Fsp3) is 0.353. The van der Waals surface area contributed by atoms with E-state index in [4.69, 9.17) is 9.47 Å². The molecular formula is C17H20N4O4. The lowest BCUT2D eigenvalue weighted by Crippen LogP contribution is -2.37. The van der Waals surface area contributed by atoms with E-state index >= 15 is 0 Å². The van der Waals surface area contributed by atoms with Crippen molar-refractivity contribution >= 4 is 11.2 Å². The Kier molecular flexibility index (Phi) is 4.60. The zero-order chi connectivity index (χ0) is 18.0. The summed E-state index contributed by atoms with van der Waals surface area (Å²) in [5, 5.41) is 0. The Morgan fingerprint density at radius 1 is 0.920 bits per heavy atom. The minimum Gasteiger partial charge on any atom is -0.493 e. The van der Waals surface area contributed by atoms with Crippen LogP contribution in [0.15, 0.2) is 39.9 Å². The summed E-state index contributed by atoms with van der Waals surface area (Å²) in [6, 6.07) is 9.84. The van der Waals surface area contributed by atoms with Gasteiger partial charge in [0.1, 0.15) is 5.75 Å². The molecule has 0 aliphatic heterocycles. The largest absolute Gasteiger partial charge is 0.493 e. The predicted octanol–water partition coefficient (Wildman–Crippen LogP) is 0.819. The third kappa shape index (κ3) is 3.15. The number of ether oxygens (including phenoxy) is 2. The molecule has 0 aliphatic carbocycles. The molecule has 0 saturated heterocycles. The Hall–Kier alpha value is -3.03. The smallest absolute Gasteiger partial charge is 0.332 e. The molecule has 8 heteroatoms. The molecule has 25 heavy (non-hydrogen) atoms. The van der Waals surface area contributed by atoms with Gasteiger partial charge in [0.2, 0.25) is 0 Å². The first kappa shape index (κ1) is 16.8. The second-order valence-corrected chi connectivity index (χ2v) is 5.69. The van der Waals surface area contributed by atoms with Crippen molar-refractivity contribution in [2.24, 2.45) is 21.1 Å². The van der Waals surface area contributed by atoms with E-state index in [0.717, 1.165) is 10.3 Å². The normalized spacial score (nSPS) is 11.0. The second-order valence-electron chi connectivity index (χ2n) is 5.69. The van der Waals surface area contributed by atoms with Crippen molar-refractivity contribution < 1.29 is 9.47 Å². The van der Waals surface area contributed by atoms with Crippen LogP contribution in [0.3, 0.4) is 0 Å². The average molecular weight is 344 g/mol. The summed E-state index contributed by atoms with van der Waals surface area (Å²) in [5.41, 5.74) is -0.167. The molecule has 0 N–H and O–H groups in total. The number of hydrogen-bond donors (Lipinski definition) is 0. The molecule has 0 amide bonds. The number of imidazole rings is 1. The highest BCUT2D eigenvalue weighted by Gasteiger charge is 2.17.